The molecular weight excluding hydrogens is 244 g/mol. The average molecular weight is 262 g/mol. The van der Waals surface area contributed by atoms with Crippen LogP contribution in [0.3, 0.4) is 0 Å². The zero-order chi connectivity index (χ0) is 13.0. The van der Waals surface area contributed by atoms with Crippen LogP contribution in [0.2, 0.25) is 0 Å². The second-order valence-corrected chi connectivity index (χ2v) is 4.88. The maximum absolute atomic E-state index is 5.67. The Kier molecular flexibility index (Phi) is 4.41. The molecule has 0 saturated heterocycles. The van der Waals surface area contributed by atoms with Crippen molar-refractivity contribution in [3.05, 3.63) is 47.8 Å². The molecule has 96 valence electrons. The van der Waals surface area contributed by atoms with Gasteiger partial charge in [0.15, 0.2) is 0 Å². The molecule has 0 spiro atoms. The lowest BCUT2D eigenvalue weighted by Crippen LogP contribution is -2.28. The van der Waals surface area contributed by atoms with E-state index in [0.717, 1.165) is 17.7 Å². The summed E-state index contributed by atoms with van der Waals surface area (Å²) in [4.78, 5) is 1.25. The molecule has 1 atom stereocenters. The molecule has 4 nitrogen and oxygen atoms in total. The monoisotopic (exact) mass is 262 g/mol. The molecule has 0 radical (unpaired) electrons. The number of benzene rings is 1. The van der Waals surface area contributed by atoms with Gasteiger partial charge in [-0.1, -0.05) is 12.1 Å². The molecule has 18 heavy (non-hydrogen) atoms. The quantitative estimate of drug-likeness (QED) is 0.492. The predicted octanol–water partition coefficient (Wildman–Crippen LogP) is 2.18. The Labute approximate surface area is 112 Å². The van der Waals surface area contributed by atoms with Gasteiger partial charge >= 0.3 is 0 Å². The van der Waals surface area contributed by atoms with Crippen molar-refractivity contribution in [1.82, 2.24) is 15.2 Å². The Morgan fingerprint density at radius 1 is 1.33 bits per heavy atom. The summed E-state index contributed by atoms with van der Waals surface area (Å²) < 4.78 is 1.90. The molecule has 1 unspecified atom stereocenters. The van der Waals surface area contributed by atoms with Crippen molar-refractivity contribution in [1.29, 1.82) is 0 Å². The van der Waals surface area contributed by atoms with Gasteiger partial charge in [-0.2, -0.15) is 5.10 Å². The SMILES string of the molecule is CCn1cc(C(NN)c2ccc(SC)cc2)cn1. The van der Waals surface area contributed by atoms with Crippen molar-refractivity contribution in [3.8, 4) is 0 Å². The molecule has 5 heteroatoms. The molecule has 0 fully saturated rings. The molecule has 1 heterocycles. The van der Waals surface area contributed by atoms with Gasteiger partial charge in [0.25, 0.3) is 0 Å². The Balaban J connectivity index is 2.26. The molecule has 1 aromatic heterocycles. The Bertz CT molecular complexity index is 492. The van der Waals surface area contributed by atoms with Crippen molar-refractivity contribution in [3.63, 3.8) is 0 Å². The van der Waals surface area contributed by atoms with E-state index in [2.05, 4.69) is 48.0 Å². The topological polar surface area (TPSA) is 55.9 Å². The summed E-state index contributed by atoms with van der Waals surface area (Å²) in [5.74, 6) is 5.67. The van der Waals surface area contributed by atoms with Gasteiger partial charge in [0.2, 0.25) is 0 Å². The number of aryl methyl sites for hydroxylation is 1. The van der Waals surface area contributed by atoms with Gasteiger partial charge in [-0.25, -0.2) is 5.43 Å². The maximum Gasteiger partial charge on any atom is 0.0740 e. The Morgan fingerprint density at radius 2 is 2.06 bits per heavy atom. The fraction of sp³-hybridized carbons (Fsp3) is 0.308. The number of hydrazine groups is 1. The lowest BCUT2D eigenvalue weighted by atomic mass is 10.0. The highest BCUT2D eigenvalue weighted by Crippen LogP contribution is 2.23. The fourth-order valence-corrected chi connectivity index (χ4v) is 2.29. The van der Waals surface area contributed by atoms with E-state index in [0.29, 0.717) is 0 Å². The molecular formula is C13H18N4S. The zero-order valence-corrected chi connectivity index (χ0v) is 11.4. The highest BCUT2D eigenvalue weighted by Gasteiger charge is 2.14. The van der Waals surface area contributed by atoms with Gasteiger partial charge in [-0.05, 0) is 30.9 Å². The van der Waals surface area contributed by atoms with Gasteiger partial charge in [-0.3, -0.25) is 10.5 Å². The van der Waals surface area contributed by atoms with Crippen LogP contribution in [0.15, 0.2) is 41.6 Å². The van der Waals surface area contributed by atoms with E-state index >= 15 is 0 Å². The van der Waals surface area contributed by atoms with Gasteiger partial charge in [0.05, 0.1) is 12.2 Å². The Hall–Kier alpha value is -1.30. The number of nitrogens with one attached hydrogen (secondary N) is 1. The summed E-state index contributed by atoms with van der Waals surface area (Å²) in [6.45, 7) is 2.93. The predicted molar refractivity (Wildman–Crippen MR) is 75.3 cm³/mol. The number of thioether (sulfide) groups is 1. The first-order valence-electron chi connectivity index (χ1n) is 5.91. The van der Waals surface area contributed by atoms with Crippen molar-refractivity contribution in [2.45, 2.75) is 24.4 Å². The van der Waals surface area contributed by atoms with Gasteiger partial charge in [0, 0.05) is 23.2 Å². The summed E-state index contributed by atoms with van der Waals surface area (Å²) in [7, 11) is 0. The minimum Gasteiger partial charge on any atom is -0.273 e. The molecule has 2 aromatic rings. The molecule has 0 aliphatic carbocycles. The van der Waals surface area contributed by atoms with E-state index in [1.165, 1.54) is 4.90 Å². The number of hydrogen-bond acceptors (Lipinski definition) is 4. The number of nitrogens with zero attached hydrogens (tertiary/aromatic N) is 2. The Morgan fingerprint density at radius 3 is 2.56 bits per heavy atom. The van der Waals surface area contributed by atoms with Crippen molar-refractivity contribution in [2.75, 3.05) is 6.26 Å². The van der Waals surface area contributed by atoms with E-state index in [4.69, 9.17) is 5.84 Å². The highest BCUT2D eigenvalue weighted by atomic mass is 32.2. The summed E-state index contributed by atoms with van der Waals surface area (Å²) in [6, 6.07) is 8.39. The largest absolute Gasteiger partial charge is 0.273 e. The molecule has 0 bridgehead atoms. The molecule has 0 aliphatic heterocycles. The van der Waals surface area contributed by atoms with Gasteiger partial charge < -0.3 is 0 Å². The van der Waals surface area contributed by atoms with Crippen LogP contribution in [-0.2, 0) is 6.54 Å². The third kappa shape index (κ3) is 2.75. The van der Waals surface area contributed by atoms with Crippen LogP contribution in [-0.4, -0.2) is 16.0 Å². The lowest BCUT2D eigenvalue weighted by Gasteiger charge is -2.14. The van der Waals surface area contributed by atoms with Crippen LogP contribution >= 0.6 is 11.8 Å². The average Bonchev–Trinajstić information content (AvgIpc) is 2.89. The van der Waals surface area contributed by atoms with Crippen molar-refractivity contribution >= 4 is 11.8 Å². The van der Waals surface area contributed by atoms with E-state index in [9.17, 15) is 0 Å². The van der Waals surface area contributed by atoms with E-state index in [-0.39, 0.29) is 6.04 Å². The first-order valence-corrected chi connectivity index (χ1v) is 7.13. The second kappa shape index (κ2) is 6.04. The molecule has 0 saturated carbocycles. The standard InChI is InChI=1S/C13H18N4S/c1-3-17-9-11(8-15-17)13(16-14)10-4-6-12(18-2)7-5-10/h4-9,13,16H,3,14H2,1-2H3. The summed E-state index contributed by atoms with van der Waals surface area (Å²) in [5, 5.41) is 4.28. The number of nitrogens with two attached hydrogens (primary N) is 1. The molecule has 0 amide bonds. The lowest BCUT2D eigenvalue weighted by molar-refractivity contribution is 0.630. The van der Waals surface area contributed by atoms with E-state index in [1.807, 2.05) is 17.1 Å². The third-order valence-corrected chi connectivity index (χ3v) is 3.67. The third-order valence-electron chi connectivity index (χ3n) is 2.93. The molecule has 0 aliphatic rings. The number of rotatable bonds is 5. The molecule has 1 aromatic carbocycles. The first-order chi connectivity index (χ1) is 8.78. The minimum atomic E-state index is -0.0128. The van der Waals surface area contributed by atoms with Crippen molar-refractivity contribution in [2.24, 2.45) is 5.84 Å². The van der Waals surface area contributed by atoms with Crippen LogP contribution in [0.1, 0.15) is 24.1 Å². The van der Waals surface area contributed by atoms with Crippen LogP contribution in [0.4, 0.5) is 0 Å². The van der Waals surface area contributed by atoms with Crippen LogP contribution in [0.25, 0.3) is 0 Å². The minimum absolute atomic E-state index is 0.0128. The maximum atomic E-state index is 5.67. The number of hydrogen-bond donors (Lipinski definition) is 2. The summed E-state index contributed by atoms with van der Waals surface area (Å²) in [5.41, 5.74) is 5.07. The smallest absolute Gasteiger partial charge is 0.0740 e. The van der Waals surface area contributed by atoms with Crippen LogP contribution in [0, 0.1) is 0 Å². The van der Waals surface area contributed by atoms with Crippen LogP contribution < -0.4 is 11.3 Å². The number of aromatic nitrogens is 2. The molecule has 2 rings (SSSR count). The molecule has 3 N–H and O–H groups in total. The highest BCUT2D eigenvalue weighted by molar-refractivity contribution is 7.98. The van der Waals surface area contributed by atoms with Crippen molar-refractivity contribution < 1.29 is 0 Å². The van der Waals surface area contributed by atoms with Gasteiger partial charge in [0.1, 0.15) is 0 Å². The van der Waals surface area contributed by atoms with E-state index < -0.39 is 0 Å². The summed E-state index contributed by atoms with van der Waals surface area (Å²) in [6.07, 6.45) is 5.95. The normalized spacial score (nSPS) is 12.6. The fourth-order valence-electron chi connectivity index (χ4n) is 1.88. The summed E-state index contributed by atoms with van der Waals surface area (Å²) >= 11 is 1.73. The van der Waals surface area contributed by atoms with E-state index in [1.54, 1.807) is 11.8 Å². The first kappa shape index (κ1) is 13.1. The zero-order valence-electron chi connectivity index (χ0n) is 10.6. The van der Waals surface area contributed by atoms with Gasteiger partial charge in [-0.15, -0.1) is 11.8 Å². The van der Waals surface area contributed by atoms with Crippen LogP contribution in [0.5, 0.6) is 0 Å². The second-order valence-electron chi connectivity index (χ2n) is 4.00.